The van der Waals surface area contributed by atoms with Gasteiger partial charge in [-0.15, -0.1) is 11.8 Å². The molecule has 1 aromatic heterocycles. The molecule has 0 bridgehead atoms. The lowest BCUT2D eigenvalue weighted by molar-refractivity contribution is 0.142. The summed E-state index contributed by atoms with van der Waals surface area (Å²) in [4.78, 5) is 20.4. The summed E-state index contributed by atoms with van der Waals surface area (Å²) < 4.78 is 5.53. The SMILES string of the molecule is CSc1ccc(NC(=O)N2CCCCC2c2nc(-c3cccc(Cl)c3)no2)cc1. The number of amides is 2. The standard InChI is InChI=1S/C21H21ClN4O2S/c1-29-17-10-8-16(9-11-17)23-21(27)26-12-3-2-7-18(26)20-24-19(25-28-20)14-5-4-6-15(22)13-14/h4-6,8-11,13,18H,2-3,7,12H2,1H3,(H,23,27). The summed E-state index contributed by atoms with van der Waals surface area (Å²) in [6.07, 6.45) is 4.76. The van der Waals surface area contributed by atoms with Crippen LogP contribution in [0.2, 0.25) is 5.02 Å². The zero-order valence-electron chi connectivity index (χ0n) is 16.0. The van der Waals surface area contributed by atoms with Crippen LogP contribution >= 0.6 is 23.4 Å². The third kappa shape index (κ3) is 4.57. The minimum atomic E-state index is -0.241. The molecule has 2 amide bonds. The fourth-order valence-electron chi connectivity index (χ4n) is 3.42. The van der Waals surface area contributed by atoms with Gasteiger partial charge in [-0.2, -0.15) is 4.98 Å². The molecule has 2 aromatic carbocycles. The Bertz CT molecular complexity index is 992. The van der Waals surface area contributed by atoms with E-state index in [2.05, 4.69) is 15.5 Å². The number of hydrogen-bond acceptors (Lipinski definition) is 5. The van der Waals surface area contributed by atoms with Crippen LogP contribution in [0.15, 0.2) is 57.9 Å². The second-order valence-corrected chi connectivity index (χ2v) is 8.15. The number of nitrogens with one attached hydrogen (secondary N) is 1. The van der Waals surface area contributed by atoms with Gasteiger partial charge in [0, 0.05) is 27.7 Å². The predicted molar refractivity (Wildman–Crippen MR) is 115 cm³/mol. The first kappa shape index (κ1) is 19.8. The molecule has 0 spiro atoms. The highest BCUT2D eigenvalue weighted by Crippen LogP contribution is 2.32. The number of hydrogen-bond donors (Lipinski definition) is 1. The minimum absolute atomic E-state index is 0.158. The molecule has 1 aliphatic heterocycles. The number of carbonyl (C=O) groups is 1. The van der Waals surface area contributed by atoms with Gasteiger partial charge >= 0.3 is 6.03 Å². The number of halogens is 1. The van der Waals surface area contributed by atoms with Gasteiger partial charge in [-0.3, -0.25) is 0 Å². The van der Waals surface area contributed by atoms with Crippen molar-refractivity contribution in [1.82, 2.24) is 15.0 Å². The van der Waals surface area contributed by atoms with Crippen LogP contribution in [0.3, 0.4) is 0 Å². The number of nitrogens with zero attached hydrogens (tertiary/aromatic N) is 3. The van der Waals surface area contributed by atoms with Gasteiger partial charge in [0.05, 0.1) is 0 Å². The molecule has 1 aliphatic rings. The number of aromatic nitrogens is 2. The maximum absolute atomic E-state index is 12.9. The van der Waals surface area contributed by atoms with E-state index in [1.165, 1.54) is 0 Å². The fraction of sp³-hybridized carbons (Fsp3) is 0.286. The van der Waals surface area contributed by atoms with Crippen molar-refractivity contribution in [3.8, 4) is 11.4 Å². The Morgan fingerprint density at radius 2 is 2.07 bits per heavy atom. The number of urea groups is 1. The molecule has 8 heteroatoms. The Labute approximate surface area is 178 Å². The number of piperidine rings is 1. The average molecular weight is 429 g/mol. The molecule has 1 N–H and O–H groups in total. The lowest BCUT2D eigenvalue weighted by Gasteiger charge is -2.33. The fourth-order valence-corrected chi connectivity index (χ4v) is 4.01. The highest BCUT2D eigenvalue weighted by Gasteiger charge is 2.32. The molecule has 150 valence electrons. The Morgan fingerprint density at radius 3 is 2.83 bits per heavy atom. The second kappa shape index (κ2) is 8.88. The molecular weight excluding hydrogens is 408 g/mol. The smallest absolute Gasteiger partial charge is 0.322 e. The molecule has 3 aromatic rings. The summed E-state index contributed by atoms with van der Waals surface area (Å²) >= 11 is 7.73. The maximum atomic E-state index is 12.9. The molecule has 0 aliphatic carbocycles. The van der Waals surface area contributed by atoms with Crippen LogP contribution in [0.4, 0.5) is 10.5 Å². The Kier molecular flexibility index (Phi) is 6.06. The van der Waals surface area contributed by atoms with Gasteiger partial charge in [0.2, 0.25) is 11.7 Å². The first-order valence-corrected chi connectivity index (χ1v) is 11.1. The van der Waals surface area contributed by atoms with Crippen LogP contribution in [0.5, 0.6) is 0 Å². The summed E-state index contributed by atoms with van der Waals surface area (Å²) in [5.74, 6) is 0.925. The van der Waals surface area contributed by atoms with Crippen molar-refractivity contribution in [2.24, 2.45) is 0 Å². The first-order valence-electron chi connectivity index (χ1n) is 9.45. The Morgan fingerprint density at radius 1 is 1.24 bits per heavy atom. The van der Waals surface area contributed by atoms with E-state index in [9.17, 15) is 4.79 Å². The minimum Gasteiger partial charge on any atom is -0.337 e. The molecule has 4 rings (SSSR count). The number of carbonyl (C=O) groups excluding carboxylic acids is 1. The van der Waals surface area contributed by atoms with Gasteiger partial charge in [-0.1, -0.05) is 28.9 Å². The number of benzene rings is 2. The molecule has 1 fully saturated rings. The summed E-state index contributed by atoms with van der Waals surface area (Å²) in [5.41, 5.74) is 1.55. The lowest BCUT2D eigenvalue weighted by Crippen LogP contribution is -2.41. The van der Waals surface area contributed by atoms with Crippen molar-refractivity contribution in [3.05, 3.63) is 59.4 Å². The zero-order chi connectivity index (χ0) is 20.2. The van der Waals surface area contributed by atoms with Crippen LogP contribution in [-0.2, 0) is 0 Å². The van der Waals surface area contributed by atoms with Gasteiger partial charge in [0.15, 0.2) is 0 Å². The van der Waals surface area contributed by atoms with Gasteiger partial charge < -0.3 is 14.7 Å². The highest BCUT2D eigenvalue weighted by molar-refractivity contribution is 7.98. The van der Waals surface area contributed by atoms with Gasteiger partial charge in [-0.25, -0.2) is 4.79 Å². The summed E-state index contributed by atoms with van der Waals surface area (Å²) in [5, 5.41) is 7.68. The van der Waals surface area contributed by atoms with E-state index in [0.717, 1.165) is 35.4 Å². The molecule has 0 radical (unpaired) electrons. The number of rotatable bonds is 4. The third-order valence-electron chi connectivity index (χ3n) is 4.91. The number of anilines is 1. The highest BCUT2D eigenvalue weighted by atomic mass is 35.5. The van der Waals surface area contributed by atoms with Crippen LogP contribution in [-0.4, -0.2) is 33.9 Å². The summed E-state index contributed by atoms with van der Waals surface area (Å²) in [6, 6.07) is 14.7. The van der Waals surface area contributed by atoms with E-state index >= 15 is 0 Å². The topological polar surface area (TPSA) is 71.3 Å². The molecule has 29 heavy (non-hydrogen) atoms. The van der Waals surface area contributed by atoms with Gasteiger partial charge in [0.25, 0.3) is 0 Å². The van der Waals surface area contributed by atoms with E-state index in [1.54, 1.807) is 28.8 Å². The molecule has 1 atom stereocenters. The Balaban J connectivity index is 1.52. The van der Waals surface area contributed by atoms with Crippen LogP contribution < -0.4 is 5.32 Å². The van der Waals surface area contributed by atoms with Crippen molar-refractivity contribution < 1.29 is 9.32 Å². The van der Waals surface area contributed by atoms with Gasteiger partial charge in [-0.05, 0) is 61.9 Å². The van der Waals surface area contributed by atoms with E-state index in [-0.39, 0.29) is 12.1 Å². The van der Waals surface area contributed by atoms with E-state index in [4.69, 9.17) is 16.1 Å². The largest absolute Gasteiger partial charge is 0.337 e. The second-order valence-electron chi connectivity index (χ2n) is 6.83. The van der Waals surface area contributed by atoms with Crippen LogP contribution in [0, 0.1) is 0 Å². The monoisotopic (exact) mass is 428 g/mol. The van der Waals surface area contributed by atoms with Crippen LogP contribution in [0.25, 0.3) is 11.4 Å². The summed E-state index contributed by atoms with van der Waals surface area (Å²) in [7, 11) is 0. The molecule has 2 heterocycles. The van der Waals surface area contributed by atoms with Crippen LogP contribution in [0.1, 0.15) is 31.2 Å². The van der Waals surface area contributed by atoms with E-state index in [1.807, 2.05) is 42.7 Å². The quantitative estimate of drug-likeness (QED) is 0.526. The molecule has 1 saturated heterocycles. The molecule has 0 saturated carbocycles. The van der Waals surface area contributed by atoms with Crippen molar-refractivity contribution in [2.75, 3.05) is 18.1 Å². The number of likely N-dealkylation sites (tertiary alicyclic amines) is 1. The third-order valence-corrected chi connectivity index (χ3v) is 5.89. The van der Waals surface area contributed by atoms with Crippen molar-refractivity contribution in [2.45, 2.75) is 30.2 Å². The molecule has 6 nitrogen and oxygen atoms in total. The van der Waals surface area contributed by atoms with Gasteiger partial charge in [0.1, 0.15) is 6.04 Å². The average Bonchev–Trinajstić information content (AvgIpc) is 3.24. The normalized spacial score (nSPS) is 16.6. The summed E-state index contributed by atoms with van der Waals surface area (Å²) in [6.45, 7) is 0.647. The zero-order valence-corrected chi connectivity index (χ0v) is 17.5. The molecule has 1 unspecified atom stereocenters. The maximum Gasteiger partial charge on any atom is 0.322 e. The number of thioether (sulfide) groups is 1. The predicted octanol–water partition coefficient (Wildman–Crippen LogP) is 5.87. The van der Waals surface area contributed by atoms with E-state index < -0.39 is 0 Å². The molecular formula is C21H21ClN4O2S. The van der Waals surface area contributed by atoms with Crippen molar-refractivity contribution >= 4 is 35.1 Å². The lowest BCUT2D eigenvalue weighted by atomic mass is 10.0. The Hall–Kier alpha value is -2.51. The first-order chi connectivity index (χ1) is 14.1. The van der Waals surface area contributed by atoms with E-state index in [0.29, 0.717) is 23.3 Å². The van der Waals surface area contributed by atoms with Crippen molar-refractivity contribution in [1.29, 1.82) is 0 Å². The van der Waals surface area contributed by atoms with Crippen molar-refractivity contribution in [3.63, 3.8) is 0 Å².